The van der Waals surface area contributed by atoms with E-state index in [1.807, 2.05) is 20.8 Å². The van der Waals surface area contributed by atoms with Gasteiger partial charge in [0, 0.05) is 0 Å². The maximum atomic E-state index is 5.18. The van der Waals surface area contributed by atoms with Gasteiger partial charge in [0.25, 0.3) is 6.01 Å². The average molecular weight is 142 g/mol. The molecule has 0 fully saturated rings. The van der Waals surface area contributed by atoms with Gasteiger partial charge in [-0.05, 0) is 6.42 Å². The third-order valence-corrected chi connectivity index (χ3v) is 0.932. The van der Waals surface area contributed by atoms with E-state index in [4.69, 9.17) is 10.2 Å². The Morgan fingerprint density at radius 2 is 2.20 bits per heavy atom. The zero-order chi connectivity index (χ0) is 7.98. The number of nitrogen functional groups attached to an aromatic ring is 1. The highest BCUT2D eigenvalue weighted by Crippen LogP contribution is 2.01. The highest BCUT2D eigenvalue weighted by atomic mass is 16.4. The Balaban J connectivity index is 0.000000371. The summed E-state index contributed by atoms with van der Waals surface area (Å²) in [5.74, 6) is 0. The van der Waals surface area contributed by atoms with E-state index in [1.54, 1.807) is 6.26 Å². The molecule has 0 amide bonds. The van der Waals surface area contributed by atoms with Crippen LogP contribution < -0.4 is 5.73 Å². The number of rotatable bonds is 1. The molecule has 58 valence electrons. The molecule has 1 heterocycles. The number of aryl methyl sites for hydroxylation is 1. The van der Waals surface area contributed by atoms with Crippen LogP contribution in [0.25, 0.3) is 0 Å². The van der Waals surface area contributed by atoms with Crippen LogP contribution in [0.1, 0.15) is 26.5 Å². The first-order valence-electron chi connectivity index (χ1n) is 3.53. The molecule has 1 rings (SSSR count). The molecule has 1 aromatic rings. The molecular formula is C7H14N2O. The van der Waals surface area contributed by atoms with Gasteiger partial charge in [-0.3, -0.25) is 0 Å². The molecule has 0 aromatic carbocycles. The van der Waals surface area contributed by atoms with Gasteiger partial charge in [0.05, 0.1) is 5.69 Å². The predicted octanol–water partition coefficient (Wildman–Crippen LogP) is 1.85. The smallest absolute Gasteiger partial charge is 0.292 e. The Bertz CT molecular complexity index is 172. The number of nitrogens with two attached hydrogens (primary N) is 1. The van der Waals surface area contributed by atoms with Crippen LogP contribution in [0.5, 0.6) is 0 Å². The Kier molecular flexibility index (Phi) is 4.37. The summed E-state index contributed by atoms with van der Waals surface area (Å²) in [6.45, 7) is 6.00. The van der Waals surface area contributed by atoms with Crippen LogP contribution in [0.15, 0.2) is 10.7 Å². The fourth-order valence-corrected chi connectivity index (χ4v) is 0.485. The second-order valence-corrected chi connectivity index (χ2v) is 1.53. The molecule has 0 aliphatic rings. The van der Waals surface area contributed by atoms with Gasteiger partial charge < -0.3 is 10.2 Å². The van der Waals surface area contributed by atoms with Crippen molar-refractivity contribution in [3.05, 3.63) is 12.0 Å². The van der Waals surface area contributed by atoms with E-state index >= 15 is 0 Å². The Hall–Kier alpha value is -0.990. The number of oxazole rings is 1. The zero-order valence-electron chi connectivity index (χ0n) is 6.72. The van der Waals surface area contributed by atoms with Gasteiger partial charge in [-0.25, -0.2) is 0 Å². The lowest BCUT2D eigenvalue weighted by Crippen LogP contribution is -1.84. The first kappa shape index (κ1) is 9.01. The molecule has 0 saturated carbocycles. The average Bonchev–Trinajstić information content (AvgIpc) is 2.40. The molecule has 3 heteroatoms. The minimum atomic E-state index is 0.252. The number of anilines is 1. The second-order valence-electron chi connectivity index (χ2n) is 1.53. The molecule has 10 heavy (non-hydrogen) atoms. The molecule has 0 saturated heterocycles. The second kappa shape index (κ2) is 4.85. The molecule has 0 radical (unpaired) electrons. The van der Waals surface area contributed by atoms with E-state index in [1.165, 1.54) is 0 Å². The molecular weight excluding hydrogens is 128 g/mol. The lowest BCUT2D eigenvalue weighted by molar-refractivity contribution is 0.578. The summed E-state index contributed by atoms with van der Waals surface area (Å²) < 4.78 is 4.72. The van der Waals surface area contributed by atoms with Crippen molar-refractivity contribution in [1.29, 1.82) is 0 Å². The summed E-state index contributed by atoms with van der Waals surface area (Å²) in [5, 5.41) is 0. The van der Waals surface area contributed by atoms with Gasteiger partial charge in [0.1, 0.15) is 6.26 Å². The summed E-state index contributed by atoms with van der Waals surface area (Å²) >= 11 is 0. The van der Waals surface area contributed by atoms with E-state index in [0.29, 0.717) is 0 Å². The molecule has 0 aliphatic carbocycles. The van der Waals surface area contributed by atoms with Crippen LogP contribution in [-0.2, 0) is 6.42 Å². The molecule has 2 N–H and O–H groups in total. The van der Waals surface area contributed by atoms with E-state index in [9.17, 15) is 0 Å². The number of hydrogen-bond donors (Lipinski definition) is 1. The monoisotopic (exact) mass is 142 g/mol. The first-order valence-corrected chi connectivity index (χ1v) is 3.53. The van der Waals surface area contributed by atoms with Crippen LogP contribution in [-0.4, -0.2) is 4.98 Å². The van der Waals surface area contributed by atoms with Crippen LogP contribution in [0, 0.1) is 0 Å². The SMILES string of the molecule is CC.CCc1coc(N)n1. The number of nitrogens with zero attached hydrogens (tertiary/aromatic N) is 1. The minimum absolute atomic E-state index is 0.252. The van der Waals surface area contributed by atoms with Crippen molar-refractivity contribution < 1.29 is 4.42 Å². The fourth-order valence-electron chi connectivity index (χ4n) is 0.485. The lowest BCUT2D eigenvalue weighted by atomic mass is 10.4. The van der Waals surface area contributed by atoms with Crippen molar-refractivity contribution in [2.75, 3.05) is 5.73 Å². The van der Waals surface area contributed by atoms with Crippen molar-refractivity contribution in [1.82, 2.24) is 4.98 Å². The largest absolute Gasteiger partial charge is 0.432 e. The molecule has 0 unspecified atom stereocenters. The molecule has 0 bridgehead atoms. The highest BCUT2D eigenvalue weighted by molar-refractivity contribution is 5.11. The molecule has 0 spiro atoms. The van der Waals surface area contributed by atoms with Gasteiger partial charge in [-0.1, -0.05) is 20.8 Å². The topological polar surface area (TPSA) is 52.0 Å². The van der Waals surface area contributed by atoms with Crippen molar-refractivity contribution in [2.24, 2.45) is 0 Å². The first-order chi connectivity index (χ1) is 4.83. The van der Waals surface area contributed by atoms with Crippen LogP contribution in [0.3, 0.4) is 0 Å². The van der Waals surface area contributed by atoms with Crippen molar-refractivity contribution in [3.8, 4) is 0 Å². The number of aromatic nitrogens is 1. The van der Waals surface area contributed by atoms with E-state index in [0.717, 1.165) is 12.1 Å². The third kappa shape index (κ3) is 2.53. The summed E-state index contributed by atoms with van der Waals surface area (Å²) in [7, 11) is 0. The van der Waals surface area contributed by atoms with Crippen LogP contribution in [0.2, 0.25) is 0 Å². The van der Waals surface area contributed by atoms with Gasteiger partial charge in [0.15, 0.2) is 0 Å². The predicted molar refractivity (Wildman–Crippen MR) is 41.6 cm³/mol. The van der Waals surface area contributed by atoms with Gasteiger partial charge in [0.2, 0.25) is 0 Å². The molecule has 0 aliphatic heterocycles. The summed E-state index contributed by atoms with van der Waals surface area (Å²) in [6, 6.07) is 0.252. The molecule has 1 aromatic heterocycles. The normalized spacial score (nSPS) is 8.30. The third-order valence-electron chi connectivity index (χ3n) is 0.932. The number of hydrogen-bond acceptors (Lipinski definition) is 3. The fraction of sp³-hybridized carbons (Fsp3) is 0.571. The molecule has 0 atom stereocenters. The highest BCUT2D eigenvalue weighted by Gasteiger charge is 1.93. The minimum Gasteiger partial charge on any atom is -0.432 e. The zero-order valence-corrected chi connectivity index (χ0v) is 6.72. The summed E-state index contributed by atoms with van der Waals surface area (Å²) in [4.78, 5) is 3.84. The Labute approximate surface area is 61.3 Å². The van der Waals surface area contributed by atoms with Crippen LogP contribution >= 0.6 is 0 Å². The Morgan fingerprint density at radius 3 is 2.40 bits per heavy atom. The van der Waals surface area contributed by atoms with Crippen molar-refractivity contribution >= 4 is 6.01 Å². The van der Waals surface area contributed by atoms with Crippen LogP contribution in [0.4, 0.5) is 6.01 Å². The Morgan fingerprint density at radius 1 is 1.60 bits per heavy atom. The van der Waals surface area contributed by atoms with Crippen molar-refractivity contribution in [3.63, 3.8) is 0 Å². The van der Waals surface area contributed by atoms with Gasteiger partial charge in [-0.15, -0.1) is 0 Å². The lowest BCUT2D eigenvalue weighted by Gasteiger charge is -1.76. The van der Waals surface area contributed by atoms with Gasteiger partial charge in [-0.2, -0.15) is 4.98 Å². The summed E-state index contributed by atoms with van der Waals surface area (Å²) in [6.07, 6.45) is 2.44. The maximum Gasteiger partial charge on any atom is 0.292 e. The molecule has 3 nitrogen and oxygen atoms in total. The van der Waals surface area contributed by atoms with Gasteiger partial charge >= 0.3 is 0 Å². The van der Waals surface area contributed by atoms with E-state index in [2.05, 4.69) is 4.98 Å². The van der Waals surface area contributed by atoms with Crippen molar-refractivity contribution in [2.45, 2.75) is 27.2 Å². The summed E-state index contributed by atoms with van der Waals surface area (Å²) in [5.41, 5.74) is 6.08. The standard InChI is InChI=1S/C5H8N2O.C2H6/c1-2-4-3-8-5(6)7-4;1-2/h3H,2H2,1H3,(H2,6,7);1-2H3. The quantitative estimate of drug-likeness (QED) is 0.651. The van der Waals surface area contributed by atoms with E-state index < -0.39 is 0 Å². The maximum absolute atomic E-state index is 5.18. The van der Waals surface area contributed by atoms with E-state index in [-0.39, 0.29) is 6.01 Å².